The van der Waals surface area contributed by atoms with E-state index in [9.17, 15) is 13.5 Å². The molecule has 0 amide bonds. The lowest BCUT2D eigenvalue weighted by molar-refractivity contribution is 0.414. The number of nitrogens with zero attached hydrogens (tertiary/aromatic N) is 2. The summed E-state index contributed by atoms with van der Waals surface area (Å²) in [6, 6.07) is 9.95. The van der Waals surface area contributed by atoms with E-state index in [1.807, 2.05) is 0 Å². The van der Waals surface area contributed by atoms with Crippen molar-refractivity contribution < 1.29 is 18.3 Å². The van der Waals surface area contributed by atoms with E-state index >= 15 is 0 Å². The lowest BCUT2D eigenvalue weighted by Crippen LogP contribution is -2.14. The third-order valence-corrected chi connectivity index (χ3v) is 4.68. The Hall–Kier alpha value is -2.76. The van der Waals surface area contributed by atoms with Gasteiger partial charge in [0.15, 0.2) is 4.98 Å². The van der Waals surface area contributed by atoms with E-state index in [-0.39, 0.29) is 16.1 Å². The van der Waals surface area contributed by atoms with Gasteiger partial charge in [0.2, 0.25) is 11.2 Å². The molecule has 124 valence electrons. The van der Waals surface area contributed by atoms with Crippen LogP contribution < -0.4 is 9.46 Å². The average molecular weight is 367 g/mol. The first-order valence-corrected chi connectivity index (χ1v) is 8.43. The number of sulfonamides is 1. The molecule has 0 radical (unpaired) electrons. The fourth-order valence-electron chi connectivity index (χ4n) is 1.89. The van der Waals surface area contributed by atoms with Crippen molar-refractivity contribution in [3.8, 4) is 5.75 Å². The Morgan fingerprint density at radius 2 is 1.96 bits per heavy atom. The molecule has 0 saturated heterocycles. The Kier molecular flexibility index (Phi) is 5.28. The van der Waals surface area contributed by atoms with Crippen molar-refractivity contribution in [2.45, 2.75) is 4.90 Å². The van der Waals surface area contributed by atoms with Gasteiger partial charge in [-0.3, -0.25) is 4.72 Å². The second-order valence-corrected chi connectivity index (χ2v) is 6.72. The maximum Gasteiger partial charge on any atom is 0.392 e. The highest BCUT2D eigenvalue weighted by molar-refractivity contribution is 7.92. The molecule has 0 fully saturated rings. The first-order valence-electron chi connectivity index (χ1n) is 6.57. The topological polar surface area (TPSA) is 104 Å². The zero-order chi connectivity index (χ0) is 17.7. The molecule has 2 aromatic carbocycles. The molecule has 0 aliphatic carbocycles. The van der Waals surface area contributed by atoms with E-state index in [1.165, 1.54) is 49.6 Å². The average Bonchev–Trinajstić information content (AvgIpc) is 2.55. The van der Waals surface area contributed by atoms with Crippen LogP contribution in [-0.2, 0) is 10.0 Å². The highest BCUT2D eigenvalue weighted by atomic mass is 35.5. The van der Waals surface area contributed by atoms with Gasteiger partial charge in [-0.05, 0) is 42.5 Å². The molecule has 0 atom stereocenters. The number of hydrogen-bond acceptors (Lipinski definition) is 5. The largest absolute Gasteiger partial charge is 0.501 e. The van der Waals surface area contributed by atoms with Crippen molar-refractivity contribution in [2.24, 2.45) is 0 Å². The smallest absolute Gasteiger partial charge is 0.392 e. The van der Waals surface area contributed by atoms with Crippen LogP contribution in [-0.4, -0.2) is 20.6 Å². The molecule has 0 saturated carbocycles. The lowest BCUT2D eigenvalue weighted by atomic mass is 10.1. The van der Waals surface area contributed by atoms with E-state index < -0.39 is 15.8 Å². The first kappa shape index (κ1) is 17.6. The van der Waals surface area contributed by atoms with Gasteiger partial charge in [-0.1, -0.05) is 11.6 Å². The quantitative estimate of drug-likeness (QED) is 0.617. The summed E-state index contributed by atoms with van der Waals surface area (Å²) >= 11 is 5.75. The molecule has 0 aliphatic rings. The van der Waals surface area contributed by atoms with Crippen LogP contribution in [0.1, 0.15) is 5.56 Å². The van der Waals surface area contributed by atoms with Crippen molar-refractivity contribution >= 4 is 33.1 Å². The fourth-order valence-corrected chi connectivity index (χ4v) is 3.10. The van der Waals surface area contributed by atoms with Gasteiger partial charge in [-0.25, -0.2) is 8.42 Å². The number of benzene rings is 2. The van der Waals surface area contributed by atoms with Gasteiger partial charge in [0.1, 0.15) is 5.75 Å². The summed E-state index contributed by atoms with van der Waals surface area (Å²) in [6.07, 6.45) is 0.773. The standard InChI is InChI=1S/C15H12ClN3O4S/c1-23-11-4-7-14(13(8-11)15(20)9-18-17)19-24(21,22)12-5-2-10(16)3-6-12/h2-9,19H,1H3/p+1. The highest BCUT2D eigenvalue weighted by Gasteiger charge is 2.19. The molecule has 0 bridgehead atoms. The molecule has 0 unspecified atom stereocenters. The predicted octanol–water partition coefficient (Wildman–Crippen LogP) is 3.86. The number of aliphatic hydroxyl groups excluding tert-OH is 1. The van der Waals surface area contributed by atoms with Crippen molar-refractivity contribution in [1.29, 1.82) is 5.39 Å². The Morgan fingerprint density at radius 1 is 1.29 bits per heavy atom. The van der Waals surface area contributed by atoms with E-state index in [0.29, 0.717) is 10.8 Å². The molecular formula is C15H13ClN3O4S+. The molecule has 0 aliphatic heterocycles. The van der Waals surface area contributed by atoms with Gasteiger partial charge in [-0.2, -0.15) is 0 Å². The molecular weight excluding hydrogens is 354 g/mol. The van der Waals surface area contributed by atoms with E-state index in [2.05, 4.69) is 9.70 Å². The minimum absolute atomic E-state index is 0.00369. The second kappa shape index (κ2) is 7.21. The summed E-state index contributed by atoms with van der Waals surface area (Å²) in [5.41, 5.74) is 0.174. The number of rotatable bonds is 5. The van der Waals surface area contributed by atoms with Crippen molar-refractivity contribution in [1.82, 2.24) is 0 Å². The maximum absolute atomic E-state index is 12.4. The van der Waals surface area contributed by atoms with Gasteiger partial charge in [0.25, 0.3) is 10.0 Å². The number of hydrogen-bond donors (Lipinski definition) is 2. The Morgan fingerprint density at radius 3 is 2.54 bits per heavy atom. The number of nitrogens with one attached hydrogen (secondary N) is 1. The lowest BCUT2D eigenvalue weighted by Gasteiger charge is -2.12. The fraction of sp³-hybridized carbons (Fsp3) is 0.0667. The minimum atomic E-state index is -3.90. The van der Waals surface area contributed by atoms with Crippen molar-refractivity contribution in [3.63, 3.8) is 0 Å². The van der Waals surface area contributed by atoms with Gasteiger partial charge < -0.3 is 9.84 Å². The summed E-state index contributed by atoms with van der Waals surface area (Å²) in [7, 11) is -2.48. The van der Waals surface area contributed by atoms with Crippen LogP contribution in [0.15, 0.2) is 53.6 Å². The van der Waals surface area contributed by atoms with Crippen LogP contribution >= 0.6 is 11.6 Å². The van der Waals surface area contributed by atoms with Gasteiger partial charge in [0.05, 0.1) is 23.3 Å². The zero-order valence-corrected chi connectivity index (χ0v) is 14.0. The number of halogens is 1. The van der Waals surface area contributed by atoms with Crippen LogP contribution in [0.2, 0.25) is 5.02 Å². The summed E-state index contributed by atoms with van der Waals surface area (Å²) < 4.78 is 32.3. The highest BCUT2D eigenvalue weighted by Crippen LogP contribution is 2.29. The van der Waals surface area contributed by atoms with Crippen molar-refractivity contribution in [2.75, 3.05) is 11.8 Å². The molecule has 0 heterocycles. The summed E-state index contributed by atoms with van der Waals surface area (Å²) in [6.45, 7) is 0. The van der Waals surface area contributed by atoms with Crippen molar-refractivity contribution in [3.05, 3.63) is 64.2 Å². The Labute approximate surface area is 143 Å². The number of ether oxygens (including phenoxy) is 1. The van der Waals surface area contributed by atoms with E-state index in [1.54, 1.807) is 0 Å². The van der Waals surface area contributed by atoms with Gasteiger partial charge in [0, 0.05) is 5.02 Å². The van der Waals surface area contributed by atoms with Crippen LogP contribution in [0, 0.1) is 5.39 Å². The predicted molar refractivity (Wildman–Crippen MR) is 90.9 cm³/mol. The third kappa shape index (κ3) is 3.95. The molecule has 2 N–H and O–H groups in total. The SMILES string of the molecule is COc1ccc(NS(=O)(=O)c2ccc(Cl)cc2)c(C(O)=C[N+]#N)c1. The monoisotopic (exact) mass is 366 g/mol. The molecule has 0 aromatic heterocycles. The number of anilines is 1. The molecule has 7 nitrogen and oxygen atoms in total. The first-order chi connectivity index (χ1) is 11.4. The van der Waals surface area contributed by atoms with E-state index in [4.69, 9.17) is 21.7 Å². The van der Waals surface area contributed by atoms with Gasteiger partial charge in [-0.15, -0.1) is 0 Å². The number of diazo groups is 1. The Bertz CT molecular complexity index is 919. The molecule has 2 rings (SSSR count). The molecule has 9 heteroatoms. The van der Waals surface area contributed by atoms with Crippen LogP contribution in [0.3, 0.4) is 0 Å². The van der Waals surface area contributed by atoms with Crippen LogP contribution in [0.5, 0.6) is 5.75 Å². The normalized spacial score (nSPS) is 11.6. The maximum atomic E-state index is 12.4. The second-order valence-electron chi connectivity index (χ2n) is 4.60. The number of aliphatic hydroxyl groups is 1. The van der Waals surface area contributed by atoms with E-state index in [0.717, 1.165) is 6.20 Å². The molecule has 2 aromatic rings. The number of methoxy groups -OCH3 is 1. The van der Waals surface area contributed by atoms with Crippen LogP contribution in [0.25, 0.3) is 10.7 Å². The zero-order valence-electron chi connectivity index (χ0n) is 12.5. The minimum Gasteiger partial charge on any atom is -0.501 e. The third-order valence-electron chi connectivity index (χ3n) is 3.05. The summed E-state index contributed by atoms with van der Waals surface area (Å²) in [4.78, 5) is 2.73. The van der Waals surface area contributed by atoms with Crippen LogP contribution in [0.4, 0.5) is 5.69 Å². The molecule has 24 heavy (non-hydrogen) atoms. The summed E-state index contributed by atoms with van der Waals surface area (Å²) in [5.74, 6) is -0.0532. The summed E-state index contributed by atoms with van der Waals surface area (Å²) in [5, 5.41) is 18.9. The molecule has 0 spiro atoms. The Balaban J connectivity index is 2.47. The van der Waals surface area contributed by atoms with Gasteiger partial charge >= 0.3 is 6.20 Å².